The van der Waals surface area contributed by atoms with Gasteiger partial charge in [0, 0.05) is 24.7 Å². The molecule has 1 aromatic heterocycles. The first kappa shape index (κ1) is 17.6. The first-order valence-electron chi connectivity index (χ1n) is 8.12. The third kappa shape index (κ3) is 3.32. The van der Waals surface area contributed by atoms with Gasteiger partial charge in [0.1, 0.15) is 0 Å². The molecule has 1 atom stereocenters. The van der Waals surface area contributed by atoms with Crippen LogP contribution in [0.4, 0.5) is 0 Å². The Kier molecular flexibility index (Phi) is 4.91. The predicted molar refractivity (Wildman–Crippen MR) is 91.8 cm³/mol. The van der Waals surface area contributed by atoms with Gasteiger partial charge in [-0.2, -0.15) is 9.40 Å². The molecule has 1 saturated heterocycles. The Morgan fingerprint density at radius 3 is 2.80 bits per heavy atom. The molecule has 2 aromatic rings. The lowest BCUT2D eigenvalue weighted by atomic mass is 9.94. The molecule has 1 aromatic carbocycles. The number of rotatable bonds is 4. The van der Waals surface area contributed by atoms with E-state index in [-0.39, 0.29) is 16.4 Å². The number of nitrogens with one attached hydrogen (secondary N) is 1. The number of aryl methyl sites for hydroxylation is 1. The molecule has 25 heavy (non-hydrogen) atoms. The van der Waals surface area contributed by atoms with Crippen LogP contribution in [0.2, 0.25) is 0 Å². The number of carbonyl (C=O) groups is 1. The van der Waals surface area contributed by atoms with E-state index in [1.807, 2.05) is 6.92 Å². The summed E-state index contributed by atoms with van der Waals surface area (Å²) in [5, 5.41) is 7.02. The first-order valence-corrected chi connectivity index (χ1v) is 9.56. The summed E-state index contributed by atoms with van der Waals surface area (Å²) in [5.74, 6) is -0.589. The summed E-state index contributed by atoms with van der Waals surface area (Å²) < 4.78 is 32.4. The van der Waals surface area contributed by atoms with E-state index in [1.165, 1.54) is 23.5 Å². The fourth-order valence-corrected chi connectivity index (χ4v) is 4.98. The van der Waals surface area contributed by atoms with Crippen LogP contribution < -0.4 is 0 Å². The van der Waals surface area contributed by atoms with Crippen molar-refractivity contribution in [3.8, 4) is 0 Å². The number of esters is 1. The maximum atomic E-state index is 13.1. The third-order valence-electron chi connectivity index (χ3n) is 4.57. The molecule has 7 nitrogen and oxygen atoms in total. The lowest BCUT2D eigenvalue weighted by Gasteiger charge is -2.32. The molecule has 3 rings (SSSR count). The molecule has 1 fully saturated rings. The largest absolute Gasteiger partial charge is 0.465 e. The molecular weight excluding hydrogens is 342 g/mol. The van der Waals surface area contributed by atoms with Crippen molar-refractivity contribution >= 4 is 16.0 Å². The second-order valence-corrected chi connectivity index (χ2v) is 8.06. The number of sulfonamides is 1. The molecular formula is C17H21N3O4S. The molecule has 8 heteroatoms. The summed E-state index contributed by atoms with van der Waals surface area (Å²) in [6.07, 6.45) is 3.39. The fourth-order valence-electron chi connectivity index (χ4n) is 3.28. The lowest BCUT2D eigenvalue weighted by Crippen LogP contribution is -2.39. The minimum atomic E-state index is -3.79. The number of hydrogen-bond acceptors (Lipinski definition) is 5. The Morgan fingerprint density at radius 2 is 2.12 bits per heavy atom. The normalized spacial score (nSPS) is 18.9. The highest BCUT2D eigenvalue weighted by Crippen LogP contribution is 2.31. The van der Waals surface area contributed by atoms with Gasteiger partial charge in [0.2, 0.25) is 10.0 Å². The van der Waals surface area contributed by atoms with Gasteiger partial charge in [-0.3, -0.25) is 5.10 Å². The summed E-state index contributed by atoms with van der Waals surface area (Å²) in [7, 11) is -2.55. The van der Waals surface area contributed by atoms with Crippen LogP contribution in [0.25, 0.3) is 0 Å². The van der Waals surface area contributed by atoms with Gasteiger partial charge in [0.15, 0.2) is 0 Å². The van der Waals surface area contributed by atoms with Crippen LogP contribution in [0.1, 0.15) is 40.4 Å². The van der Waals surface area contributed by atoms with Gasteiger partial charge >= 0.3 is 5.97 Å². The zero-order valence-electron chi connectivity index (χ0n) is 14.2. The van der Waals surface area contributed by atoms with Crippen LogP contribution in [0.3, 0.4) is 0 Å². The van der Waals surface area contributed by atoms with Gasteiger partial charge in [-0.05, 0) is 37.5 Å². The minimum absolute atomic E-state index is 0.0103. The molecule has 0 amide bonds. The Balaban J connectivity index is 1.93. The zero-order chi connectivity index (χ0) is 18.0. The van der Waals surface area contributed by atoms with Gasteiger partial charge in [0.05, 0.1) is 23.8 Å². The van der Waals surface area contributed by atoms with Gasteiger partial charge in [-0.1, -0.05) is 12.1 Å². The standard InChI is InChI=1S/C17H21N3O4S/c1-12-10-18-19-16(12)13-6-5-9-20(11-13)25(22,23)15-8-4-3-7-14(15)17(21)24-2/h3-4,7-8,10,13H,5-6,9,11H2,1-2H3,(H,18,19). The highest BCUT2D eigenvalue weighted by atomic mass is 32.2. The molecule has 1 N–H and O–H groups in total. The van der Waals surface area contributed by atoms with E-state index in [2.05, 4.69) is 10.2 Å². The number of H-pyrrole nitrogens is 1. The maximum absolute atomic E-state index is 13.1. The number of aromatic nitrogens is 2. The topological polar surface area (TPSA) is 92.4 Å². The molecule has 1 aliphatic rings. The molecule has 0 spiro atoms. The second-order valence-electron chi connectivity index (χ2n) is 6.16. The van der Waals surface area contributed by atoms with Crippen molar-refractivity contribution in [3.05, 3.63) is 47.3 Å². The van der Waals surface area contributed by atoms with E-state index in [0.717, 1.165) is 24.1 Å². The summed E-state index contributed by atoms with van der Waals surface area (Å²) in [6, 6.07) is 6.16. The van der Waals surface area contributed by atoms with Crippen LogP contribution in [0.15, 0.2) is 35.4 Å². The van der Waals surface area contributed by atoms with Crippen molar-refractivity contribution in [2.24, 2.45) is 0 Å². The van der Waals surface area contributed by atoms with Crippen molar-refractivity contribution in [1.82, 2.24) is 14.5 Å². The monoisotopic (exact) mass is 363 g/mol. The van der Waals surface area contributed by atoms with E-state index in [9.17, 15) is 13.2 Å². The Labute approximate surface area is 147 Å². The quantitative estimate of drug-likeness (QED) is 0.840. The molecule has 0 radical (unpaired) electrons. The number of carbonyl (C=O) groups excluding carboxylic acids is 1. The molecule has 0 bridgehead atoms. The van der Waals surface area contributed by atoms with Crippen LogP contribution >= 0.6 is 0 Å². The van der Waals surface area contributed by atoms with E-state index >= 15 is 0 Å². The lowest BCUT2D eigenvalue weighted by molar-refractivity contribution is 0.0596. The number of benzene rings is 1. The van der Waals surface area contributed by atoms with E-state index in [4.69, 9.17) is 4.74 Å². The highest BCUT2D eigenvalue weighted by Gasteiger charge is 2.34. The van der Waals surface area contributed by atoms with Crippen LogP contribution in [-0.4, -0.2) is 49.1 Å². The van der Waals surface area contributed by atoms with Gasteiger partial charge in [-0.15, -0.1) is 0 Å². The van der Waals surface area contributed by atoms with E-state index in [0.29, 0.717) is 13.1 Å². The summed E-state index contributed by atoms with van der Waals surface area (Å²) >= 11 is 0. The molecule has 1 aliphatic heterocycles. The number of aromatic amines is 1. The van der Waals surface area contributed by atoms with Crippen molar-refractivity contribution in [2.75, 3.05) is 20.2 Å². The number of nitrogens with zero attached hydrogens (tertiary/aromatic N) is 2. The van der Waals surface area contributed by atoms with Gasteiger partial charge in [-0.25, -0.2) is 13.2 Å². The fraction of sp³-hybridized carbons (Fsp3) is 0.412. The van der Waals surface area contributed by atoms with Crippen molar-refractivity contribution in [2.45, 2.75) is 30.6 Å². The van der Waals surface area contributed by atoms with Crippen LogP contribution in [0.5, 0.6) is 0 Å². The molecule has 0 aliphatic carbocycles. The maximum Gasteiger partial charge on any atom is 0.339 e. The predicted octanol–water partition coefficient (Wildman–Crippen LogP) is 2.07. The van der Waals surface area contributed by atoms with Crippen molar-refractivity contribution in [3.63, 3.8) is 0 Å². The van der Waals surface area contributed by atoms with Crippen molar-refractivity contribution < 1.29 is 17.9 Å². The Hall–Kier alpha value is -2.19. The SMILES string of the molecule is COC(=O)c1ccccc1S(=O)(=O)N1CCCC(c2[nH]ncc2C)C1. The number of methoxy groups -OCH3 is 1. The smallest absolute Gasteiger partial charge is 0.339 e. The van der Waals surface area contributed by atoms with Crippen molar-refractivity contribution in [1.29, 1.82) is 0 Å². The van der Waals surface area contributed by atoms with E-state index in [1.54, 1.807) is 18.3 Å². The van der Waals surface area contributed by atoms with Crippen LogP contribution in [0, 0.1) is 6.92 Å². The number of piperidine rings is 1. The van der Waals surface area contributed by atoms with Gasteiger partial charge < -0.3 is 4.74 Å². The number of ether oxygens (including phenoxy) is 1. The van der Waals surface area contributed by atoms with Gasteiger partial charge in [0.25, 0.3) is 0 Å². The zero-order valence-corrected chi connectivity index (χ0v) is 15.0. The molecule has 0 saturated carbocycles. The van der Waals surface area contributed by atoms with Crippen LogP contribution in [-0.2, 0) is 14.8 Å². The molecule has 1 unspecified atom stereocenters. The second kappa shape index (κ2) is 6.97. The Bertz CT molecular complexity index is 876. The number of hydrogen-bond donors (Lipinski definition) is 1. The average molecular weight is 363 g/mol. The van der Waals surface area contributed by atoms with E-state index < -0.39 is 16.0 Å². The molecule has 134 valence electrons. The Morgan fingerprint density at radius 1 is 1.36 bits per heavy atom. The summed E-state index contributed by atoms with van der Waals surface area (Å²) in [4.78, 5) is 11.9. The third-order valence-corrected chi connectivity index (χ3v) is 6.49. The average Bonchev–Trinajstić information content (AvgIpc) is 3.07. The summed E-state index contributed by atoms with van der Waals surface area (Å²) in [5.41, 5.74) is 2.06. The first-order chi connectivity index (χ1) is 11.9. The summed E-state index contributed by atoms with van der Waals surface area (Å²) in [6.45, 7) is 2.75. The molecule has 2 heterocycles. The minimum Gasteiger partial charge on any atom is -0.465 e. The highest BCUT2D eigenvalue weighted by molar-refractivity contribution is 7.89.